The summed E-state index contributed by atoms with van der Waals surface area (Å²) in [6, 6.07) is 17.1. The molecule has 1 aliphatic heterocycles. The maximum Gasteiger partial charge on any atom is 0.258 e. The largest absolute Gasteiger partial charge is 0.351 e. The molecule has 2 aromatic carbocycles. The fraction of sp³-hybridized carbons (Fsp3) is 0.0870. The smallest absolute Gasteiger partial charge is 0.258 e. The molecule has 160 valence electrons. The number of aromatic nitrogens is 2. The van der Waals surface area contributed by atoms with Crippen molar-refractivity contribution in [1.29, 1.82) is 0 Å². The standard InChI is InChI=1S/C23H16ClFN4OS2/c1-13-19(22-27-21(28-30-22)18-6-3-11-32-18)20(14-4-2-5-16(25)12-14)26-23(31)29(13)17-9-7-15(24)8-10-17/h2-12,20H,1H3,(H,26,31). The van der Waals surface area contributed by atoms with Crippen LogP contribution in [0.5, 0.6) is 0 Å². The Morgan fingerprint density at radius 1 is 1.16 bits per heavy atom. The van der Waals surface area contributed by atoms with Crippen molar-refractivity contribution in [2.24, 2.45) is 0 Å². The minimum Gasteiger partial charge on any atom is -0.351 e. The first-order valence-corrected chi connectivity index (χ1v) is 11.4. The molecule has 0 aliphatic carbocycles. The SMILES string of the molecule is CC1=C(c2nc(-c3cccs3)no2)C(c2cccc(F)c2)NC(=S)N1c1ccc(Cl)cc1. The zero-order valence-corrected chi connectivity index (χ0v) is 19.1. The Balaban J connectivity index is 1.67. The van der Waals surface area contributed by atoms with E-state index in [-0.39, 0.29) is 5.82 Å². The van der Waals surface area contributed by atoms with Crippen molar-refractivity contribution in [2.45, 2.75) is 13.0 Å². The third kappa shape index (κ3) is 3.81. The quantitative estimate of drug-likeness (QED) is 0.337. The predicted octanol–water partition coefficient (Wildman–Crippen LogP) is 6.46. The molecule has 0 bridgehead atoms. The summed E-state index contributed by atoms with van der Waals surface area (Å²) in [4.78, 5) is 7.42. The number of thiophene rings is 1. The van der Waals surface area contributed by atoms with Gasteiger partial charge in [-0.1, -0.05) is 35.0 Å². The second kappa shape index (κ2) is 8.46. The molecule has 2 aromatic heterocycles. The average molecular weight is 483 g/mol. The number of nitrogens with zero attached hydrogens (tertiary/aromatic N) is 3. The lowest BCUT2D eigenvalue weighted by atomic mass is 9.94. The molecular formula is C23H16ClFN4OS2. The van der Waals surface area contributed by atoms with Gasteiger partial charge in [-0.15, -0.1) is 11.3 Å². The van der Waals surface area contributed by atoms with Gasteiger partial charge < -0.3 is 9.84 Å². The highest BCUT2D eigenvalue weighted by Crippen LogP contribution is 2.39. The van der Waals surface area contributed by atoms with Crippen LogP contribution >= 0.6 is 35.2 Å². The molecule has 0 radical (unpaired) electrons. The molecule has 0 amide bonds. The van der Waals surface area contributed by atoms with Gasteiger partial charge in [0.2, 0.25) is 5.82 Å². The Labute approximate surface area is 198 Å². The number of halogens is 2. The van der Waals surface area contributed by atoms with Crippen LogP contribution in [0.4, 0.5) is 10.1 Å². The fourth-order valence-corrected chi connectivity index (χ4v) is 4.83. The normalized spacial score (nSPS) is 16.4. The number of nitrogens with one attached hydrogen (secondary N) is 1. The number of hydrogen-bond donors (Lipinski definition) is 1. The molecule has 4 aromatic rings. The van der Waals surface area contributed by atoms with E-state index in [0.717, 1.165) is 21.8 Å². The Morgan fingerprint density at radius 2 is 1.97 bits per heavy atom. The van der Waals surface area contributed by atoms with E-state index in [9.17, 15) is 4.39 Å². The van der Waals surface area contributed by atoms with E-state index >= 15 is 0 Å². The second-order valence-electron chi connectivity index (χ2n) is 7.15. The lowest BCUT2D eigenvalue weighted by Crippen LogP contribution is -2.46. The molecule has 9 heteroatoms. The Bertz CT molecular complexity index is 1320. The van der Waals surface area contributed by atoms with Crippen LogP contribution in [0.1, 0.15) is 24.4 Å². The third-order valence-corrected chi connectivity index (χ3v) is 6.57. The molecule has 32 heavy (non-hydrogen) atoms. The molecule has 0 saturated heterocycles. The second-order valence-corrected chi connectivity index (χ2v) is 8.92. The minimum atomic E-state index is -0.460. The van der Waals surface area contributed by atoms with E-state index in [1.54, 1.807) is 18.2 Å². The first kappa shape index (κ1) is 20.8. The zero-order chi connectivity index (χ0) is 22.2. The Kier molecular flexibility index (Phi) is 5.50. The summed E-state index contributed by atoms with van der Waals surface area (Å²) in [6.07, 6.45) is 0. The van der Waals surface area contributed by atoms with Gasteiger partial charge in [-0.3, -0.25) is 4.90 Å². The van der Waals surface area contributed by atoms with Crippen molar-refractivity contribution < 1.29 is 8.91 Å². The Morgan fingerprint density at radius 3 is 2.69 bits per heavy atom. The summed E-state index contributed by atoms with van der Waals surface area (Å²) in [5.41, 5.74) is 3.05. The van der Waals surface area contributed by atoms with Crippen molar-refractivity contribution >= 4 is 51.5 Å². The molecular weight excluding hydrogens is 467 g/mol. The van der Waals surface area contributed by atoms with Gasteiger partial charge in [0.1, 0.15) is 5.82 Å². The predicted molar refractivity (Wildman–Crippen MR) is 129 cm³/mol. The number of anilines is 1. The fourth-order valence-electron chi connectivity index (χ4n) is 3.70. The maximum atomic E-state index is 14.1. The van der Waals surface area contributed by atoms with Crippen molar-refractivity contribution in [1.82, 2.24) is 15.5 Å². The summed E-state index contributed by atoms with van der Waals surface area (Å²) in [5.74, 6) is 0.505. The van der Waals surface area contributed by atoms with Crippen LogP contribution in [-0.4, -0.2) is 15.3 Å². The molecule has 3 heterocycles. The molecule has 0 spiro atoms. The summed E-state index contributed by atoms with van der Waals surface area (Å²) in [6.45, 7) is 1.93. The first-order chi connectivity index (χ1) is 15.5. The van der Waals surface area contributed by atoms with Gasteiger partial charge in [-0.25, -0.2) is 4.39 Å². The first-order valence-electron chi connectivity index (χ1n) is 9.71. The highest BCUT2D eigenvalue weighted by atomic mass is 35.5. The van der Waals surface area contributed by atoms with Crippen LogP contribution < -0.4 is 10.2 Å². The highest BCUT2D eigenvalue weighted by Gasteiger charge is 2.35. The van der Waals surface area contributed by atoms with Gasteiger partial charge in [0.25, 0.3) is 5.89 Å². The monoisotopic (exact) mass is 482 g/mol. The number of hydrogen-bond acceptors (Lipinski definition) is 5. The third-order valence-electron chi connectivity index (χ3n) is 5.15. The molecule has 1 atom stereocenters. The summed E-state index contributed by atoms with van der Waals surface area (Å²) < 4.78 is 19.7. The van der Waals surface area contributed by atoms with Crippen LogP contribution in [0, 0.1) is 5.82 Å². The van der Waals surface area contributed by atoms with E-state index in [2.05, 4.69) is 15.5 Å². The van der Waals surface area contributed by atoms with Gasteiger partial charge in [0.15, 0.2) is 5.11 Å². The molecule has 5 rings (SSSR count). The summed E-state index contributed by atoms with van der Waals surface area (Å²) >= 11 is 13.3. The molecule has 5 nitrogen and oxygen atoms in total. The van der Waals surface area contributed by atoms with Gasteiger partial charge in [0, 0.05) is 16.4 Å². The lowest BCUT2D eigenvalue weighted by molar-refractivity contribution is 0.404. The maximum absolute atomic E-state index is 14.1. The number of rotatable bonds is 4. The average Bonchev–Trinajstić information content (AvgIpc) is 3.47. The van der Waals surface area contributed by atoms with Crippen LogP contribution in [0.3, 0.4) is 0 Å². The molecule has 0 saturated carbocycles. The highest BCUT2D eigenvalue weighted by molar-refractivity contribution is 7.80. The zero-order valence-electron chi connectivity index (χ0n) is 16.8. The van der Waals surface area contributed by atoms with Crippen LogP contribution in [0.15, 0.2) is 76.3 Å². The topological polar surface area (TPSA) is 54.2 Å². The molecule has 0 fully saturated rings. The van der Waals surface area contributed by atoms with Gasteiger partial charge in [-0.05, 0) is 72.5 Å². The van der Waals surface area contributed by atoms with E-state index in [1.165, 1.54) is 23.5 Å². The number of allylic oxidation sites excluding steroid dienone is 1. The van der Waals surface area contributed by atoms with E-state index in [1.807, 2.05) is 47.5 Å². The summed E-state index contributed by atoms with van der Waals surface area (Å²) in [7, 11) is 0. The van der Waals surface area contributed by atoms with Crippen LogP contribution in [0.2, 0.25) is 5.02 Å². The van der Waals surface area contributed by atoms with Gasteiger partial charge >= 0.3 is 0 Å². The van der Waals surface area contributed by atoms with Crippen LogP contribution in [0.25, 0.3) is 16.3 Å². The number of thiocarbonyl (C=S) groups is 1. The summed E-state index contributed by atoms with van der Waals surface area (Å²) in [5, 5.41) is 10.5. The van der Waals surface area contributed by atoms with Crippen molar-refractivity contribution in [3.8, 4) is 10.7 Å². The van der Waals surface area contributed by atoms with E-state index in [0.29, 0.717) is 27.4 Å². The van der Waals surface area contributed by atoms with E-state index in [4.69, 9.17) is 28.3 Å². The van der Waals surface area contributed by atoms with Gasteiger partial charge in [0.05, 0.1) is 16.5 Å². The van der Waals surface area contributed by atoms with Crippen molar-refractivity contribution in [3.63, 3.8) is 0 Å². The van der Waals surface area contributed by atoms with Crippen molar-refractivity contribution in [3.05, 3.63) is 94.0 Å². The minimum absolute atomic E-state index is 0.336. The van der Waals surface area contributed by atoms with Crippen molar-refractivity contribution in [2.75, 3.05) is 4.90 Å². The Hall–Kier alpha value is -3.07. The number of benzene rings is 2. The molecule has 1 N–H and O–H groups in total. The molecule has 1 aliphatic rings. The van der Waals surface area contributed by atoms with Crippen LogP contribution in [-0.2, 0) is 0 Å². The molecule has 1 unspecified atom stereocenters. The lowest BCUT2D eigenvalue weighted by Gasteiger charge is -2.37. The van der Waals surface area contributed by atoms with E-state index < -0.39 is 6.04 Å². The van der Waals surface area contributed by atoms with Gasteiger partial charge in [-0.2, -0.15) is 4.98 Å².